The van der Waals surface area contributed by atoms with Gasteiger partial charge in [0.15, 0.2) is 0 Å². The highest BCUT2D eigenvalue weighted by atomic mass is 35.5. The molecule has 4 rings (SSSR count). The number of hydrogen-bond donors (Lipinski definition) is 1. The number of benzene rings is 1. The number of nitrogen functional groups attached to an aromatic ring is 1. The number of halogens is 1. The molecular formula is C15H18ClN3. The second-order valence-corrected chi connectivity index (χ2v) is 6.59. The SMILES string of the molecule is Nc1nc2cc(Cl)ccc2n1CC1CC2CCC1C2. The van der Waals surface area contributed by atoms with E-state index in [0.717, 1.165) is 40.4 Å². The van der Waals surface area contributed by atoms with Crippen LogP contribution in [0.4, 0.5) is 5.95 Å². The molecule has 3 unspecified atom stereocenters. The summed E-state index contributed by atoms with van der Waals surface area (Å²) in [5.41, 5.74) is 8.11. The van der Waals surface area contributed by atoms with Crippen LogP contribution >= 0.6 is 11.6 Å². The summed E-state index contributed by atoms with van der Waals surface area (Å²) in [6, 6.07) is 5.85. The summed E-state index contributed by atoms with van der Waals surface area (Å²) in [6.07, 6.45) is 5.66. The second-order valence-electron chi connectivity index (χ2n) is 6.15. The molecule has 1 heterocycles. The monoisotopic (exact) mass is 275 g/mol. The van der Waals surface area contributed by atoms with Crippen LogP contribution in [0.5, 0.6) is 0 Å². The Labute approximate surface area is 117 Å². The van der Waals surface area contributed by atoms with Gasteiger partial charge in [0.25, 0.3) is 0 Å². The first-order valence-electron chi connectivity index (χ1n) is 7.12. The van der Waals surface area contributed by atoms with E-state index in [1.54, 1.807) is 0 Å². The molecule has 2 N–H and O–H groups in total. The average Bonchev–Trinajstić information content (AvgIpc) is 3.05. The summed E-state index contributed by atoms with van der Waals surface area (Å²) in [5.74, 6) is 3.30. The Morgan fingerprint density at radius 1 is 1.32 bits per heavy atom. The predicted molar refractivity (Wildman–Crippen MR) is 78.1 cm³/mol. The van der Waals surface area contributed by atoms with Crippen LogP contribution in [-0.4, -0.2) is 9.55 Å². The van der Waals surface area contributed by atoms with E-state index in [0.29, 0.717) is 5.95 Å². The molecule has 4 heteroatoms. The van der Waals surface area contributed by atoms with Crippen LogP contribution in [0.3, 0.4) is 0 Å². The van der Waals surface area contributed by atoms with Crippen molar-refractivity contribution >= 4 is 28.6 Å². The van der Waals surface area contributed by atoms with Crippen LogP contribution in [0.15, 0.2) is 18.2 Å². The second kappa shape index (κ2) is 4.14. The van der Waals surface area contributed by atoms with Gasteiger partial charge in [-0.1, -0.05) is 18.0 Å². The van der Waals surface area contributed by atoms with Crippen LogP contribution in [0, 0.1) is 17.8 Å². The Hall–Kier alpha value is -1.22. The van der Waals surface area contributed by atoms with Gasteiger partial charge in [0.2, 0.25) is 5.95 Å². The van der Waals surface area contributed by atoms with Crippen molar-refractivity contribution in [2.24, 2.45) is 17.8 Å². The van der Waals surface area contributed by atoms with Gasteiger partial charge in [-0.05, 0) is 55.2 Å². The lowest BCUT2D eigenvalue weighted by atomic mass is 9.89. The van der Waals surface area contributed by atoms with Gasteiger partial charge in [0.1, 0.15) is 0 Å². The van der Waals surface area contributed by atoms with Crippen molar-refractivity contribution < 1.29 is 0 Å². The summed E-state index contributed by atoms with van der Waals surface area (Å²) in [7, 11) is 0. The zero-order valence-electron chi connectivity index (χ0n) is 10.8. The van der Waals surface area contributed by atoms with Crippen molar-refractivity contribution in [2.75, 3.05) is 5.73 Å². The molecule has 2 aromatic rings. The normalized spacial score (nSPS) is 29.4. The average molecular weight is 276 g/mol. The van der Waals surface area contributed by atoms with Crippen molar-refractivity contribution in [3.05, 3.63) is 23.2 Å². The first kappa shape index (κ1) is 11.6. The summed E-state index contributed by atoms with van der Waals surface area (Å²) in [6.45, 7) is 1.02. The van der Waals surface area contributed by atoms with Gasteiger partial charge in [-0.3, -0.25) is 0 Å². The van der Waals surface area contributed by atoms with Crippen LogP contribution < -0.4 is 5.73 Å². The minimum Gasteiger partial charge on any atom is -0.369 e. The van der Waals surface area contributed by atoms with Crippen LogP contribution in [0.2, 0.25) is 5.02 Å². The highest BCUT2D eigenvalue weighted by Crippen LogP contribution is 2.49. The number of rotatable bonds is 2. The molecule has 3 atom stereocenters. The lowest BCUT2D eigenvalue weighted by Crippen LogP contribution is -2.18. The van der Waals surface area contributed by atoms with Gasteiger partial charge in [-0.15, -0.1) is 0 Å². The Morgan fingerprint density at radius 3 is 2.95 bits per heavy atom. The molecule has 0 aliphatic heterocycles. The summed E-state index contributed by atoms with van der Waals surface area (Å²) in [4.78, 5) is 4.43. The van der Waals surface area contributed by atoms with Crippen LogP contribution in [0.1, 0.15) is 25.7 Å². The maximum atomic E-state index is 6.09. The lowest BCUT2D eigenvalue weighted by molar-refractivity contribution is 0.300. The van der Waals surface area contributed by atoms with Gasteiger partial charge >= 0.3 is 0 Å². The fraction of sp³-hybridized carbons (Fsp3) is 0.533. The smallest absolute Gasteiger partial charge is 0.201 e. The van der Waals surface area contributed by atoms with E-state index in [9.17, 15) is 0 Å². The highest BCUT2D eigenvalue weighted by molar-refractivity contribution is 6.31. The van der Waals surface area contributed by atoms with Crippen molar-refractivity contribution in [2.45, 2.75) is 32.2 Å². The molecule has 0 amide bonds. The topological polar surface area (TPSA) is 43.8 Å². The zero-order valence-corrected chi connectivity index (χ0v) is 11.6. The first-order chi connectivity index (χ1) is 9.20. The number of nitrogens with zero attached hydrogens (tertiary/aromatic N) is 2. The minimum atomic E-state index is 0.625. The molecule has 1 aromatic heterocycles. The van der Waals surface area contributed by atoms with Crippen molar-refractivity contribution in [1.29, 1.82) is 0 Å². The number of imidazole rings is 1. The van der Waals surface area contributed by atoms with E-state index in [4.69, 9.17) is 17.3 Å². The lowest BCUT2D eigenvalue weighted by Gasteiger charge is -2.22. The fourth-order valence-corrected chi connectivity index (χ4v) is 4.31. The fourth-order valence-electron chi connectivity index (χ4n) is 4.15. The van der Waals surface area contributed by atoms with Gasteiger partial charge in [0.05, 0.1) is 11.0 Å². The Morgan fingerprint density at radius 2 is 2.21 bits per heavy atom. The van der Waals surface area contributed by atoms with Gasteiger partial charge in [-0.2, -0.15) is 0 Å². The van der Waals surface area contributed by atoms with Gasteiger partial charge < -0.3 is 10.3 Å². The molecule has 2 aliphatic carbocycles. The van der Waals surface area contributed by atoms with Gasteiger partial charge in [-0.25, -0.2) is 4.98 Å². The molecule has 0 saturated heterocycles. The molecule has 19 heavy (non-hydrogen) atoms. The number of hydrogen-bond acceptors (Lipinski definition) is 2. The van der Waals surface area contributed by atoms with E-state index in [1.807, 2.05) is 18.2 Å². The van der Waals surface area contributed by atoms with E-state index >= 15 is 0 Å². The van der Waals surface area contributed by atoms with Crippen LogP contribution in [0.25, 0.3) is 11.0 Å². The minimum absolute atomic E-state index is 0.625. The molecule has 2 saturated carbocycles. The molecular weight excluding hydrogens is 258 g/mol. The summed E-state index contributed by atoms with van der Waals surface area (Å²) >= 11 is 6.01. The Bertz CT molecular complexity index is 634. The molecule has 2 aliphatic rings. The maximum Gasteiger partial charge on any atom is 0.201 e. The largest absolute Gasteiger partial charge is 0.369 e. The predicted octanol–water partition coefficient (Wildman–Crippen LogP) is 3.71. The van der Waals surface area contributed by atoms with E-state index < -0.39 is 0 Å². The van der Waals surface area contributed by atoms with Crippen molar-refractivity contribution in [3.63, 3.8) is 0 Å². The summed E-state index contributed by atoms with van der Waals surface area (Å²) < 4.78 is 2.18. The first-order valence-corrected chi connectivity index (χ1v) is 7.50. The molecule has 3 nitrogen and oxygen atoms in total. The van der Waals surface area contributed by atoms with E-state index in [2.05, 4.69) is 9.55 Å². The highest BCUT2D eigenvalue weighted by Gasteiger charge is 2.39. The Balaban J connectivity index is 1.69. The molecule has 1 aromatic carbocycles. The quantitative estimate of drug-likeness (QED) is 0.908. The van der Waals surface area contributed by atoms with Gasteiger partial charge in [0, 0.05) is 11.6 Å². The zero-order chi connectivity index (χ0) is 13.0. The molecule has 100 valence electrons. The number of nitrogens with two attached hydrogens (primary N) is 1. The maximum absolute atomic E-state index is 6.09. The summed E-state index contributed by atoms with van der Waals surface area (Å²) in [5, 5.41) is 0.720. The number of fused-ring (bicyclic) bond motifs is 3. The third-order valence-electron chi connectivity index (χ3n) is 5.04. The molecule has 0 spiro atoms. The van der Waals surface area contributed by atoms with Crippen molar-refractivity contribution in [3.8, 4) is 0 Å². The third-order valence-corrected chi connectivity index (χ3v) is 5.28. The van der Waals surface area contributed by atoms with E-state index in [-0.39, 0.29) is 0 Å². The van der Waals surface area contributed by atoms with Crippen molar-refractivity contribution in [1.82, 2.24) is 9.55 Å². The third kappa shape index (κ3) is 1.83. The molecule has 2 bridgehead atoms. The molecule has 0 radical (unpaired) electrons. The number of anilines is 1. The van der Waals surface area contributed by atoms with Crippen LogP contribution in [-0.2, 0) is 6.54 Å². The molecule has 2 fully saturated rings. The Kier molecular flexibility index (Phi) is 2.52. The standard InChI is InChI=1S/C15H18ClN3/c16-12-3-4-14-13(7-12)18-15(17)19(14)8-11-6-9-1-2-10(11)5-9/h3-4,7,9-11H,1-2,5-6,8H2,(H2,17,18). The number of aromatic nitrogens is 2. The van der Waals surface area contributed by atoms with E-state index in [1.165, 1.54) is 25.7 Å².